The number of aromatic amines is 6. The zero-order valence-electron chi connectivity index (χ0n) is 56.7. The van der Waals surface area contributed by atoms with Gasteiger partial charge in [0.2, 0.25) is 0 Å². The van der Waals surface area contributed by atoms with Gasteiger partial charge in [-0.25, -0.2) is 46.3 Å². The van der Waals surface area contributed by atoms with Crippen molar-refractivity contribution in [2.24, 2.45) is 0 Å². The SMILES string of the molecule is Cc1noc(C)c1-c1cc(C(O)(c2ccc(F)cn2)c2c(F)cccc2F)c2[nH]c(=O)[nH]c2c1.Cc1noc(C)c1-c1cc(C(O)(c2ccccc2)c2ccc3ccc(F)cc3n2)c2[nH]c(=O)[nH]c2c1.Cc1noc(C)c1-c1cc(C(O)(c2ccccn2)c2ccc3ccc(F)cc3n2)c2[nH]c(=O)[nH]c2c1. The highest BCUT2D eigenvalue weighted by Crippen LogP contribution is 2.46. The minimum Gasteiger partial charge on any atom is -0.374 e. The van der Waals surface area contributed by atoms with Crippen molar-refractivity contribution in [1.29, 1.82) is 0 Å². The number of rotatable bonds is 12. The lowest BCUT2D eigenvalue weighted by Crippen LogP contribution is -2.33. The van der Waals surface area contributed by atoms with Crippen molar-refractivity contribution in [3.8, 4) is 33.4 Å². The maximum absolute atomic E-state index is 15.1. The van der Waals surface area contributed by atoms with Crippen LogP contribution >= 0.6 is 0 Å². The first-order valence-corrected chi connectivity index (χ1v) is 32.8. The molecule has 27 heteroatoms. The lowest BCUT2D eigenvalue weighted by molar-refractivity contribution is 0.113. The number of H-pyrrole nitrogens is 6. The van der Waals surface area contributed by atoms with Crippen LogP contribution in [-0.4, -0.2) is 80.6 Å². The molecule has 10 aromatic heterocycles. The first-order chi connectivity index (χ1) is 50.9. The molecule has 0 aliphatic rings. The van der Waals surface area contributed by atoms with Gasteiger partial charge in [-0.15, -0.1) is 0 Å². The van der Waals surface area contributed by atoms with Crippen molar-refractivity contribution in [1.82, 2.24) is 65.3 Å². The van der Waals surface area contributed by atoms with Crippen LogP contribution in [0.15, 0.2) is 216 Å². The quantitative estimate of drug-likeness (QED) is 0.0513. The van der Waals surface area contributed by atoms with Crippen LogP contribution < -0.4 is 17.1 Å². The molecule has 0 saturated carbocycles. The third-order valence-electron chi connectivity index (χ3n) is 18.7. The summed E-state index contributed by atoms with van der Waals surface area (Å²) in [4.78, 5) is 71.1. The van der Waals surface area contributed by atoms with Gasteiger partial charge in [-0.1, -0.05) is 70.1 Å². The zero-order chi connectivity index (χ0) is 74.3. The van der Waals surface area contributed by atoms with Crippen molar-refractivity contribution in [2.75, 3.05) is 0 Å². The van der Waals surface area contributed by atoms with Crippen molar-refractivity contribution in [3.63, 3.8) is 0 Å². The van der Waals surface area contributed by atoms with Crippen LogP contribution in [0.3, 0.4) is 0 Å². The van der Waals surface area contributed by atoms with Crippen molar-refractivity contribution < 1.29 is 50.8 Å². The fraction of sp³-hybridized carbons (Fsp3) is 0.114. The predicted molar refractivity (Wildman–Crippen MR) is 383 cm³/mol. The Labute approximate surface area is 594 Å². The van der Waals surface area contributed by atoms with Crippen molar-refractivity contribution in [2.45, 2.75) is 58.3 Å². The Bertz CT molecular complexity index is 6130. The van der Waals surface area contributed by atoms with Crippen LogP contribution in [0.25, 0.3) is 88.3 Å². The van der Waals surface area contributed by atoms with E-state index >= 15 is 8.78 Å². The Balaban J connectivity index is 0.000000127. The minimum atomic E-state index is -2.55. The molecule has 0 bridgehead atoms. The van der Waals surface area contributed by atoms with Crippen LogP contribution in [0.2, 0.25) is 0 Å². The topological polar surface area (TPSA) is 336 Å². The summed E-state index contributed by atoms with van der Waals surface area (Å²) >= 11 is 0. The van der Waals surface area contributed by atoms with Gasteiger partial charge in [0.1, 0.15) is 46.4 Å². The van der Waals surface area contributed by atoms with E-state index in [1.807, 2.05) is 51.1 Å². The number of aryl methyl sites for hydroxylation is 6. The third kappa shape index (κ3) is 11.9. The molecule has 0 spiro atoms. The average Bonchev–Trinajstić information content (AvgIpc) is 1.37. The van der Waals surface area contributed by atoms with E-state index in [1.54, 1.807) is 112 Å². The van der Waals surface area contributed by atoms with Crippen LogP contribution in [0, 0.1) is 70.6 Å². The molecule has 10 heterocycles. The maximum atomic E-state index is 15.1. The second-order valence-corrected chi connectivity index (χ2v) is 25.4. The van der Waals surface area contributed by atoms with Gasteiger partial charge >= 0.3 is 17.1 Å². The lowest BCUT2D eigenvalue weighted by atomic mass is 9.80. The van der Waals surface area contributed by atoms with E-state index in [4.69, 9.17) is 13.6 Å². The highest BCUT2D eigenvalue weighted by Gasteiger charge is 2.44. The average molecular weight is 1430 g/mol. The van der Waals surface area contributed by atoms with Crippen LogP contribution in [-0.2, 0) is 16.8 Å². The van der Waals surface area contributed by atoms with Crippen molar-refractivity contribution in [3.05, 3.63) is 334 Å². The van der Waals surface area contributed by atoms with Gasteiger partial charge in [0.15, 0.2) is 16.8 Å². The molecule has 0 saturated heterocycles. The van der Waals surface area contributed by atoms with E-state index in [2.05, 4.69) is 65.3 Å². The largest absolute Gasteiger partial charge is 0.374 e. The Morgan fingerprint density at radius 3 is 1.19 bits per heavy atom. The van der Waals surface area contributed by atoms with Gasteiger partial charge in [0, 0.05) is 62.5 Å². The summed E-state index contributed by atoms with van der Waals surface area (Å²) in [6.07, 6.45) is 2.39. The van der Waals surface area contributed by atoms with Gasteiger partial charge in [0.05, 0.1) is 95.8 Å². The summed E-state index contributed by atoms with van der Waals surface area (Å²) in [6, 6.07) is 45.4. The number of nitrogens with zero attached hydrogens (tertiary/aromatic N) is 7. The first kappa shape index (κ1) is 68.4. The number of aliphatic hydroxyl groups is 3. The molecule has 17 rings (SSSR count). The van der Waals surface area contributed by atoms with Crippen LogP contribution in [0.1, 0.15) is 85.0 Å². The van der Waals surface area contributed by atoms with Crippen molar-refractivity contribution >= 4 is 54.9 Å². The molecule has 7 aromatic carbocycles. The van der Waals surface area contributed by atoms with Crippen LogP contribution in [0.4, 0.5) is 22.0 Å². The number of hydrogen-bond donors (Lipinski definition) is 9. The summed E-state index contributed by atoms with van der Waals surface area (Å²) < 4.78 is 87.9. The van der Waals surface area contributed by atoms with Gasteiger partial charge in [-0.2, -0.15) is 0 Å². The molecule has 0 aliphatic carbocycles. The summed E-state index contributed by atoms with van der Waals surface area (Å²) in [7, 11) is 0. The molecule has 3 atom stereocenters. The van der Waals surface area contributed by atoms with Gasteiger partial charge in [-0.3, -0.25) is 9.97 Å². The molecular formula is C79H58F5N13O9. The molecule has 528 valence electrons. The Kier molecular flexibility index (Phi) is 17.1. The number of nitrogens with one attached hydrogen (secondary N) is 6. The monoisotopic (exact) mass is 1430 g/mol. The number of fused-ring (bicyclic) bond motifs is 5. The third-order valence-corrected chi connectivity index (χ3v) is 18.7. The fourth-order valence-corrected chi connectivity index (χ4v) is 13.9. The van der Waals surface area contributed by atoms with Gasteiger partial charge < -0.3 is 58.8 Å². The Morgan fingerprint density at radius 2 is 0.774 bits per heavy atom. The first-order valence-electron chi connectivity index (χ1n) is 32.8. The van der Waals surface area contributed by atoms with Gasteiger partial charge in [-0.05, 0) is 173 Å². The van der Waals surface area contributed by atoms with Gasteiger partial charge in [0.25, 0.3) is 0 Å². The Hall–Kier alpha value is -13.4. The number of benzene rings is 7. The zero-order valence-corrected chi connectivity index (χ0v) is 56.7. The number of hydrogen-bond acceptors (Lipinski definition) is 16. The molecule has 0 fully saturated rings. The fourth-order valence-electron chi connectivity index (χ4n) is 13.9. The summed E-state index contributed by atoms with van der Waals surface area (Å²) in [6.45, 7) is 10.6. The van der Waals surface area contributed by atoms with E-state index in [9.17, 15) is 42.9 Å². The second kappa shape index (κ2) is 26.5. The van der Waals surface area contributed by atoms with E-state index < -0.39 is 68.5 Å². The molecule has 0 amide bonds. The molecular weight excluding hydrogens is 1370 g/mol. The summed E-state index contributed by atoms with van der Waals surface area (Å²) in [5, 5.41) is 50.7. The smallest absolute Gasteiger partial charge is 0.323 e. The van der Waals surface area contributed by atoms with E-state index in [0.717, 1.165) is 53.0 Å². The number of imidazole rings is 3. The minimum absolute atomic E-state index is 0.0820. The number of pyridine rings is 4. The van der Waals surface area contributed by atoms with E-state index in [1.165, 1.54) is 30.3 Å². The Morgan fingerprint density at radius 1 is 0.377 bits per heavy atom. The molecule has 106 heavy (non-hydrogen) atoms. The normalized spacial score (nSPS) is 13.3. The predicted octanol–water partition coefficient (Wildman–Crippen LogP) is 13.8. The van der Waals surface area contributed by atoms with E-state index in [-0.39, 0.29) is 39.4 Å². The highest BCUT2D eigenvalue weighted by molar-refractivity contribution is 5.91. The molecule has 9 N–H and O–H groups in total. The molecule has 17 aromatic rings. The summed E-state index contributed by atoms with van der Waals surface area (Å²) in [5.74, 6) is -2.01. The number of aromatic nitrogens is 13. The molecule has 22 nitrogen and oxygen atoms in total. The molecule has 3 unspecified atom stereocenters. The number of halogens is 5. The second-order valence-electron chi connectivity index (χ2n) is 25.4. The standard InChI is InChI=1S/C28H21FN4O3.C27H20FN5O3.C24H17F3N4O3/c1-15-25(16(2)36-33-15)18-12-21(26-23(13-18)31-27(34)32-26)28(35,19-6-4-3-5-7-19)24-11-9-17-8-10-20(29)14-22(17)30-24;1-14-24(15(2)36-33-14)17-11-19(25-21(12-17)31-26(34)32-25)27(35,22-5-3-4-10-29-22)23-9-7-16-6-8-18(28)13-20(16)30-23;1-11-20(12(2)34-31-11)13-8-15(22-18(9-13)29-23(32)30-22)24(33,19-7-6-14(25)10-28-19)21-16(26)4-3-5-17(21)27/h3-14,35H,1-2H3,(H2,31,32,34);3-13,35H,1-2H3,(H2,31,32,34);3-10,33H,1-2H3,(H2,29,30,32). The summed E-state index contributed by atoms with van der Waals surface area (Å²) in [5.41, 5.74) is 2.09. The maximum Gasteiger partial charge on any atom is 0.323 e. The molecule has 0 aliphatic heterocycles. The molecule has 0 radical (unpaired) electrons. The van der Waals surface area contributed by atoms with Crippen LogP contribution in [0.5, 0.6) is 0 Å². The highest BCUT2D eigenvalue weighted by atomic mass is 19.1. The van der Waals surface area contributed by atoms with E-state index in [0.29, 0.717) is 112 Å². The lowest BCUT2D eigenvalue weighted by Gasteiger charge is -2.30.